The maximum atomic E-state index is 12.3. The van der Waals surface area contributed by atoms with Crippen LogP contribution in [-0.2, 0) is 0 Å². The SMILES string of the molecule is Cc1ccc(NC(=O)Nc2cc(C)nn2C2CCCC2)c(C)c1. The largest absolute Gasteiger partial charge is 0.324 e. The van der Waals surface area contributed by atoms with Crippen molar-refractivity contribution in [3.8, 4) is 0 Å². The van der Waals surface area contributed by atoms with Crippen LogP contribution in [0.1, 0.15) is 48.5 Å². The monoisotopic (exact) mass is 312 g/mol. The van der Waals surface area contributed by atoms with Gasteiger partial charge in [-0.3, -0.25) is 5.32 Å². The number of amides is 2. The first-order valence-corrected chi connectivity index (χ1v) is 8.24. The van der Waals surface area contributed by atoms with Gasteiger partial charge in [0.1, 0.15) is 5.82 Å². The van der Waals surface area contributed by atoms with Crippen LogP contribution in [0.4, 0.5) is 16.3 Å². The van der Waals surface area contributed by atoms with Crippen LogP contribution >= 0.6 is 0 Å². The summed E-state index contributed by atoms with van der Waals surface area (Å²) in [7, 11) is 0. The Morgan fingerprint density at radius 3 is 2.57 bits per heavy atom. The quantitative estimate of drug-likeness (QED) is 0.872. The van der Waals surface area contributed by atoms with Gasteiger partial charge in [0.2, 0.25) is 0 Å². The molecule has 3 rings (SSSR count). The van der Waals surface area contributed by atoms with Crippen molar-refractivity contribution < 1.29 is 4.79 Å². The summed E-state index contributed by atoms with van der Waals surface area (Å²) in [6, 6.07) is 8.10. The van der Waals surface area contributed by atoms with E-state index in [-0.39, 0.29) is 6.03 Å². The molecule has 1 aromatic heterocycles. The van der Waals surface area contributed by atoms with Gasteiger partial charge in [-0.15, -0.1) is 0 Å². The molecule has 0 spiro atoms. The lowest BCUT2D eigenvalue weighted by Gasteiger charge is -2.15. The molecule has 0 unspecified atom stereocenters. The normalized spacial score (nSPS) is 14.9. The highest BCUT2D eigenvalue weighted by Crippen LogP contribution is 2.31. The fourth-order valence-corrected chi connectivity index (χ4v) is 3.26. The van der Waals surface area contributed by atoms with Gasteiger partial charge in [0, 0.05) is 11.8 Å². The molecule has 1 aliphatic carbocycles. The number of anilines is 2. The second kappa shape index (κ2) is 6.44. The van der Waals surface area contributed by atoms with Crippen molar-refractivity contribution in [2.24, 2.45) is 0 Å². The summed E-state index contributed by atoms with van der Waals surface area (Å²) in [5.74, 6) is 0.775. The van der Waals surface area contributed by atoms with E-state index in [9.17, 15) is 4.79 Å². The van der Waals surface area contributed by atoms with Crippen molar-refractivity contribution in [2.45, 2.75) is 52.5 Å². The first-order valence-electron chi connectivity index (χ1n) is 8.24. The summed E-state index contributed by atoms with van der Waals surface area (Å²) in [6.07, 6.45) is 4.73. The summed E-state index contributed by atoms with van der Waals surface area (Å²) in [4.78, 5) is 12.3. The van der Waals surface area contributed by atoms with Gasteiger partial charge in [-0.1, -0.05) is 30.5 Å². The lowest BCUT2D eigenvalue weighted by Crippen LogP contribution is -2.23. The molecule has 1 saturated carbocycles. The third kappa shape index (κ3) is 3.55. The molecule has 0 saturated heterocycles. The zero-order valence-electron chi connectivity index (χ0n) is 14.0. The Kier molecular flexibility index (Phi) is 4.37. The molecule has 0 atom stereocenters. The highest BCUT2D eigenvalue weighted by atomic mass is 16.2. The van der Waals surface area contributed by atoms with Gasteiger partial charge >= 0.3 is 6.03 Å². The van der Waals surface area contributed by atoms with E-state index in [0.29, 0.717) is 6.04 Å². The third-order valence-electron chi connectivity index (χ3n) is 4.40. The Hall–Kier alpha value is -2.30. The summed E-state index contributed by atoms with van der Waals surface area (Å²) in [5.41, 5.74) is 4.00. The molecule has 2 N–H and O–H groups in total. The summed E-state index contributed by atoms with van der Waals surface area (Å²) in [6.45, 7) is 5.99. The van der Waals surface area contributed by atoms with E-state index in [0.717, 1.165) is 35.6 Å². The molecule has 1 aromatic carbocycles. The van der Waals surface area contributed by atoms with Gasteiger partial charge in [-0.25, -0.2) is 9.48 Å². The molecule has 23 heavy (non-hydrogen) atoms. The topological polar surface area (TPSA) is 59.0 Å². The van der Waals surface area contributed by atoms with E-state index < -0.39 is 0 Å². The van der Waals surface area contributed by atoms with E-state index >= 15 is 0 Å². The summed E-state index contributed by atoms with van der Waals surface area (Å²) in [5, 5.41) is 10.4. The van der Waals surface area contributed by atoms with Crippen LogP contribution in [0, 0.1) is 20.8 Å². The number of carbonyl (C=O) groups excluding carboxylic acids is 1. The number of aromatic nitrogens is 2. The minimum absolute atomic E-state index is 0.226. The van der Waals surface area contributed by atoms with Crippen LogP contribution in [0.5, 0.6) is 0 Å². The number of hydrogen-bond acceptors (Lipinski definition) is 2. The van der Waals surface area contributed by atoms with Gasteiger partial charge in [0.05, 0.1) is 11.7 Å². The lowest BCUT2D eigenvalue weighted by atomic mass is 10.1. The summed E-state index contributed by atoms with van der Waals surface area (Å²) >= 11 is 0. The molecular weight excluding hydrogens is 288 g/mol. The number of hydrogen-bond donors (Lipinski definition) is 2. The molecule has 0 aliphatic heterocycles. The predicted octanol–water partition coefficient (Wildman–Crippen LogP) is 4.57. The van der Waals surface area contributed by atoms with Crippen LogP contribution in [0.2, 0.25) is 0 Å². The van der Waals surface area contributed by atoms with Crippen LogP contribution in [0.3, 0.4) is 0 Å². The number of carbonyl (C=O) groups is 1. The fraction of sp³-hybridized carbons (Fsp3) is 0.444. The Bertz CT molecular complexity index is 714. The zero-order valence-corrected chi connectivity index (χ0v) is 14.0. The molecule has 0 bridgehead atoms. The highest BCUT2D eigenvalue weighted by Gasteiger charge is 2.21. The van der Waals surface area contributed by atoms with Crippen molar-refractivity contribution in [1.29, 1.82) is 0 Å². The van der Waals surface area contributed by atoms with Gasteiger partial charge in [0.25, 0.3) is 0 Å². The molecule has 2 aromatic rings. The van der Waals surface area contributed by atoms with Gasteiger partial charge in [-0.05, 0) is 45.2 Å². The lowest BCUT2D eigenvalue weighted by molar-refractivity contribution is 0.262. The molecule has 122 valence electrons. The second-order valence-electron chi connectivity index (χ2n) is 6.45. The molecule has 5 heteroatoms. The van der Waals surface area contributed by atoms with Crippen LogP contribution < -0.4 is 10.6 Å². The smallest absolute Gasteiger partial charge is 0.307 e. The summed E-state index contributed by atoms with van der Waals surface area (Å²) < 4.78 is 1.98. The minimum atomic E-state index is -0.226. The van der Waals surface area contributed by atoms with Gasteiger partial charge in [-0.2, -0.15) is 5.10 Å². The first-order chi connectivity index (χ1) is 11.0. The van der Waals surface area contributed by atoms with E-state index in [1.807, 2.05) is 43.7 Å². The van der Waals surface area contributed by atoms with E-state index in [2.05, 4.69) is 21.8 Å². The van der Waals surface area contributed by atoms with Gasteiger partial charge < -0.3 is 5.32 Å². The van der Waals surface area contributed by atoms with Crippen molar-refractivity contribution >= 4 is 17.5 Å². The fourth-order valence-electron chi connectivity index (χ4n) is 3.26. The Balaban J connectivity index is 1.72. The van der Waals surface area contributed by atoms with E-state index in [1.54, 1.807) is 0 Å². The predicted molar refractivity (Wildman–Crippen MR) is 93.0 cm³/mol. The number of benzene rings is 1. The maximum Gasteiger partial charge on any atom is 0.324 e. The van der Waals surface area contributed by atoms with E-state index in [1.165, 1.54) is 18.4 Å². The van der Waals surface area contributed by atoms with Crippen LogP contribution in [-0.4, -0.2) is 15.8 Å². The molecule has 1 aliphatic rings. The highest BCUT2D eigenvalue weighted by molar-refractivity contribution is 5.99. The number of urea groups is 1. The number of rotatable bonds is 3. The van der Waals surface area contributed by atoms with Crippen molar-refractivity contribution in [3.63, 3.8) is 0 Å². The number of aryl methyl sites for hydroxylation is 3. The van der Waals surface area contributed by atoms with Crippen molar-refractivity contribution in [2.75, 3.05) is 10.6 Å². The zero-order chi connectivity index (χ0) is 16.4. The average molecular weight is 312 g/mol. The minimum Gasteiger partial charge on any atom is -0.307 e. The number of nitrogens with one attached hydrogen (secondary N) is 2. The average Bonchev–Trinajstić information content (AvgIpc) is 3.11. The molecular formula is C18H24N4O. The third-order valence-corrected chi connectivity index (χ3v) is 4.40. The van der Waals surface area contributed by atoms with Crippen LogP contribution in [0.25, 0.3) is 0 Å². The Morgan fingerprint density at radius 1 is 1.13 bits per heavy atom. The first kappa shape index (κ1) is 15.6. The molecule has 1 fully saturated rings. The molecule has 5 nitrogen and oxygen atoms in total. The molecule has 0 radical (unpaired) electrons. The van der Waals surface area contributed by atoms with E-state index in [4.69, 9.17) is 0 Å². The van der Waals surface area contributed by atoms with Crippen molar-refractivity contribution in [3.05, 3.63) is 41.1 Å². The second-order valence-corrected chi connectivity index (χ2v) is 6.45. The maximum absolute atomic E-state index is 12.3. The Morgan fingerprint density at radius 2 is 1.87 bits per heavy atom. The van der Waals surface area contributed by atoms with Crippen LogP contribution in [0.15, 0.2) is 24.3 Å². The van der Waals surface area contributed by atoms with Gasteiger partial charge in [0.15, 0.2) is 0 Å². The Labute approximate surface area is 137 Å². The van der Waals surface area contributed by atoms with Crippen molar-refractivity contribution in [1.82, 2.24) is 9.78 Å². The number of nitrogens with zero attached hydrogens (tertiary/aromatic N) is 2. The standard InChI is InChI=1S/C18H24N4O/c1-12-8-9-16(13(2)10-12)19-18(23)20-17-11-14(3)21-22(17)15-6-4-5-7-15/h8-11,15H,4-7H2,1-3H3,(H2,19,20,23). The molecule has 2 amide bonds. The molecule has 1 heterocycles.